The highest BCUT2D eigenvalue weighted by atomic mass is 16.5. The molecule has 0 saturated heterocycles. The summed E-state index contributed by atoms with van der Waals surface area (Å²) in [5, 5.41) is 8.79. The van der Waals surface area contributed by atoms with Gasteiger partial charge in [0.05, 0.1) is 6.07 Å². The number of rotatable bonds is 4. The molecule has 0 bridgehead atoms. The van der Waals surface area contributed by atoms with Gasteiger partial charge in [-0.05, 0) is 12.5 Å². The molecule has 0 fully saturated rings. The maximum Gasteiger partial charge on any atom is 0.257 e. The highest BCUT2D eigenvalue weighted by Gasteiger charge is 2.25. The Bertz CT molecular complexity index is 411. The van der Waals surface area contributed by atoms with Gasteiger partial charge in [0.25, 0.3) is 5.91 Å². The van der Waals surface area contributed by atoms with Crippen LogP contribution in [0.4, 0.5) is 0 Å². The standard InChI is InChI=1S/C13H16N2O2/c1-10(9-14)15(2)13(16)12(17-3)11-7-5-4-6-8-11/h4-8,10,12H,1-3H3. The average molecular weight is 232 g/mol. The highest BCUT2D eigenvalue weighted by molar-refractivity contribution is 5.82. The van der Waals surface area contributed by atoms with Crippen molar-refractivity contribution >= 4 is 5.91 Å². The second-order valence-electron chi connectivity index (χ2n) is 3.78. The fourth-order valence-corrected chi connectivity index (χ4v) is 1.47. The zero-order chi connectivity index (χ0) is 12.8. The van der Waals surface area contributed by atoms with Crippen molar-refractivity contribution in [3.8, 4) is 6.07 Å². The zero-order valence-electron chi connectivity index (χ0n) is 10.3. The van der Waals surface area contributed by atoms with E-state index >= 15 is 0 Å². The van der Waals surface area contributed by atoms with Crippen LogP contribution in [0.2, 0.25) is 0 Å². The first-order chi connectivity index (χ1) is 8.11. The summed E-state index contributed by atoms with van der Waals surface area (Å²) in [5.41, 5.74) is 0.789. The van der Waals surface area contributed by atoms with E-state index < -0.39 is 12.1 Å². The Morgan fingerprint density at radius 3 is 2.47 bits per heavy atom. The number of amides is 1. The summed E-state index contributed by atoms with van der Waals surface area (Å²) in [4.78, 5) is 13.5. The van der Waals surface area contributed by atoms with E-state index in [1.165, 1.54) is 12.0 Å². The van der Waals surface area contributed by atoms with Crippen LogP contribution < -0.4 is 0 Å². The monoisotopic (exact) mass is 232 g/mol. The second-order valence-corrected chi connectivity index (χ2v) is 3.78. The molecule has 1 amide bonds. The zero-order valence-corrected chi connectivity index (χ0v) is 10.3. The number of carbonyl (C=O) groups is 1. The number of nitriles is 1. The molecule has 2 atom stereocenters. The Morgan fingerprint density at radius 1 is 1.41 bits per heavy atom. The molecule has 2 unspecified atom stereocenters. The van der Waals surface area contributed by atoms with Gasteiger partial charge in [-0.2, -0.15) is 5.26 Å². The van der Waals surface area contributed by atoms with Crippen molar-refractivity contribution in [1.82, 2.24) is 4.90 Å². The third-order valence-electron chi connectivity index (χ3n) is 2.68. The molecule has 1 rings (SSSR count). The van der Waals surface area contributed by atoms with Gasteiger partial charge >= 0.3 is 0 Å². The fraction of sp³-hybridized carbons (Fsp3) is 0.385. The minimum atomic E-state index is -0.656. The first kappa shape index (κ1) is 13.2. The Morgan fingerprint density at radius 2 is 2.00 bits per heavy atom. The smallest absolute Gasteiger partial charge is 0.257 e. The van der Waals surface area contributed by atoms with Crippen LogP contribution in [0.3, 0.4) is 0 Å². The number of nitrogens with zero attached hydrogens (tertiary/aromatic N) is 2. The Balaban J connectivity index is 2.90. The lowest BCUT2D eigenvalue weighted by atomic mass is 10.1. The largest absolute Gasteiger partial charge is 0.367 e. The fourth-order valence-electron chi connectivity index (χ4n) is 1.47. The van der Waals surface area contributed by atoms with Crippen molar-refractivity contribution in [1.29, 1.82) is 5.26 Å². The van der Waals surface area contributed by atoms with Crippen LogP contribution in [0.1, 0.15) is 18.6 Å². The van der Waals surface area contributed by atoms with Crippen molar-refractivity contribution in [3.05, 3.63) is 35.9 Å². The quantitative estimate of drug-likeness (QED) is 0.794. The molecule has 1 aromatic rings. The number of methoxy groups -OCH3 is 1. The van der Waals surface area contributed by atoms with Crippen molar-refractivity contribution in [3.63, 3.8) is 0 Å². The van der Waals surface area contributed by atoms with E-state index in [-0.39, 0.29) is 5.91 Å². The molecule has 0 aliphatic rings. The van der Waals surface area contributed by atoms with Gasteiger partial charge in [-0.3, -0.25) is 4.79 Å². The Hall–Kier alpha value is -1.86. The number of hydrogen-bond acceptors (Lipinski definition) is 3. The van der Waals surface area contributed by atoms with Crippen LogP contribution in [0.15, 0.2) is 30.3 Å². The first-order valence-electron chi connectivity index (χ1n) is 5.35. The summed E-state index contributed by atoms with van der Waals surface area (Å²) >= 11 is 0. The second kappa shape index (κ2) is 6.02. The van der Waals surface area contributed by atoms with Crippen molar-refractivity contribution in [2.24, 2.45) is 0 Å². The number of benzene rings is 1. The average Bonchev–Trinajstić information content (AvgIpc) is 2.38. The summed E-state index contributed by atoms with van der Waals surface area (Å²) in [6.07, 6.45) is -0.656. The molecule has 4 heteroatoms. The third-order valence-corrected chi connectivity index (χ3v) is 2.68. The van der Waals surface area contributed by atoms with Gasteiger partial charge in [0, 0.05) is 14.2 Å². The van der Waals surface area contributed by atoms with E-state index in [9.17, 15) is 4.79 Å². The van der Waals surface area contributed by atoms with E-state index in [4.69, 9.17) is 10.00 Å². The Labute approximate surface area is 101 Å². The molecule has 0 aliphatic carbocycles. The highest BCUT2D eigenvalue weighted by Crippen LogP contribution is 2.19. The molecule has 0 aromatic heterocycles. The SMILES string of the molecule is COC(C(=O)N(C)C(C)C#N)c1ccccc1. The molecule has 0 N–H and O–H groups in total. The van der Waals surface area contributed by atoms with Gasteiger partial charge in [0.1, 0.15) is 6.04 Å². The van der Waals surface area contributed by atoms with Crippen molar-refractivity contribution < 1.29 is 9.53 Å². The molecule has 0 spiro atoms. The van der Waals surface area contributed by atoms with Crippen LogP contribution in [0.5, 0.6) is 0 Å². The maximum atomic E-state index is 12.1. The van der Waals surface area contributed by atoms with Gasteiger partial charge in [-0.25, -0.2) is 0 Å². The van der Waals surface area contributed by atoms with E-state index in [0.717, 1.165) is 5.56 Å². The summed E-state index contributed by atoms with van der Waals surface area (Å²) in [6.45, 7) is 1.68. The summed E-state index contributed by atoms with van der Waals surface area (Å²) < 4.78 is 5.21. The molecule has 1 aromatic carbocycles. The van der Waals surface area contributed by atoms with E-state index in [1.54, 1.807) is 14.0 Å². The van der Waals surface area contributed by atoms with Crippen LogP contribution in [-0.4, -0.2) is 31.0 Å². The topological polar surface area (TPSA) is 53.3 Å². The molecule has 17 heavy (non-hydrogen) atoms. The van der Waals surface area contributed by atoms with Crippen molar-refractivity contribution in [2.45, 2.75) is 19.1 Å². The predicted octanol–water partition coefficient (Wildman–Crippen LogP) is 1.74. The summed E-state index contributed by atoms with van der Waals surface area (Å²) in [5.74, 6) is -0.215. The Kier molecular flexibility index (Phi) is 4.68. The van der Waals surface area contributed by atoms with Gasteiger partial charge < -0.3 is 9.64 Å². The number of likely N-dealkylation sites (N-methyl/N-ethyl adjacent to an activating group) is 1. The van der Waals surface area contributed by atoms with Crippen LogP contribution in [-0.2, 0) is 9.53 Å². The predicted molar refractivity (Wildman–Crippen MR) is 64.0 cm³/mol. The molecule has 0 radical (unpaired) electrons. The van der Waals surface area contributed by atoms with Crippen LogP contribution in [0, 0.1) is 11.3 Å². The van der Waals surface area contributed by atoms with Gasteiger partial charge in [-0.15, -0.1) is 0 Å². The summed E-state index contributed by atoms with van der Waals surface area (Å²) in [6, 6.07) is 10.8. The van der Waals surface area contributed by atoms with E-state index in [0.29, 0.717) is 0 Å². The lowest BCUT2D eigenvalue weighted by Gasteiger charge is -2.24. The molecule has 0 saturated carbocycles. The normalized spacial score (nSPS) is 13.5. The molecule has 90 valence electrons. The molecular formula is C13H16N2O2. The first-order valence-corrected chi connectivity index (χ1v) is 5.35. The molecule has 0 aliphatic heterocycles. The molecule has 4 nitrogen and oxygen atoms in total. The van der Waals surface area contributed by atoms with E-state index in [2.05, 4.69) is 0 Å². The number of carbonyl (C=O) groups excluding carboxylic acids is 1. The van der Waals surface area contributed by atoms with Crippen LogP contribution in [0.25, 0.3) is 0 Å². The van der Waals surface area contributed by atoms with Crippen LogP contribution >= 0.6 is 0 Å². The van der Waals surface area contributed by atoms with Gasteiger partial charge in [-0.1, -0.05) is 30.3 Å². The molecular weight excluding hydrogens is 216 g/mol. The minimum absolute atomic E-state index is 0.215. The lowest BCUT2D eigenvalue weighted by Crippen LogP contribution is -2.38. The summed E-state index contributed by atoms with van der Waals surface area (Å²) in [7, 11) is 3.09. The lowest BCUT2D eigenvalue weighted by molar-refractivity contribution is -0.142. The van der Waals surface area contributed by atoms with Crippen molar-refractivity contribution in [2.75, 3.05) is 14.2 Å². The van der Waals surface area contributed by atoms with E-state index in [1.807, 2.05) is 36.4 Å². The third kappa shape index (κ3) is 3.05. The number of hydrogen-bond donors (Lipinski definition) is 0. The minimum Gasteiger partial charge on any atom is -0.367 e. The molecule has 0 heterocycles. The number of ether oxygens (including phenoxy) is 1. The maximum absolute atomic E-state index is 12.1. The van der Waals surface area contributed by atoms with Gasteiger partial charge in [0.2, 0.25) is 0 Å². The van der Waals surface area contributed by atoms with Gasteiger partial charge in [0.15, 0.2) is 6.10 Å².